The molecule has 9 rings (SSSR count). The van der Waals surface area contributed by atoms with Crippen LogP contribution in [0.1, 0.15) is 185 Å². The number of piperazine rings is 1. The molecular weight excluding hydrogens is 1390 g/mol. The van der Waals surface area contributed by atoms with E-state index in [1.807, 2.05) is 195 Å². The molecule has 1 heterocycles. The van der Waals surface area contributed by atoms with Crippen molar-refractivity contribution in [2.24, 2.45) is 5.73 Å². The van der Waals surface area contributed by atoms with E-state index in [4.69, 9.17) is 45.0 Å². The Morgan fingerprint density at radius 2 is 0.604 bits per heavy atom. The molecule has 8 aromatic carbocycles. The molecule has 1 aliphatic rings. The molecule has 0 aromatic heterocycles. The summed E-state index contributed by atoms with van der Waals surface area (Å²) in [5.41, 5.74) is 14.6. The second kappa shape index (κ2) is 78.6. The number of thioether (sulfide) groups is 3. The summed E-state index contributed by atoms with van der Waals surface area (Å²) in [5.74, 6) is 3.62. The maximum absolute atomic E-state index is 9.99. The van der Waals surface area contributed by atoms with E-state index in [1.165, 1.54) is 58.8 Å². The lowest BCUT2D eigenvalue weighted by Crippen LogP contribution is -2.44. The Bertz CT molecular complexity index is 2410. The van der Waals surface area contributed by atoms with Crippen molar-refractivity contribution >= 4 is 98.6 Å². The molecule has 0 spiro atoms. The van der Waals surface area contributed by atoms with Crippen LogP contribution < -0.4 is 11.1 Å². The first-order valence-electron chi connectivity index (χ1n) is 34.2. The zero-order valence-electron chi connectivity index (χ0n) is 60.4. The van der Waals surface area contributed by atoms with Crippen LogP contribution in [-0.4, -0.2) is 98.4 Å². The molecule has 0 unspecified atom stereocenters. The van der Waals surface area contributed by atoms with Crippen molar-refractivity contribution in [3.8, 4) is 0 Å². The average molecular weight is 1520 g/mol. The summed E-state index contributed by atoms with van der Waals surface area (Å²) in [6.07, 6.45) is -0.516. The quantitative estimate of drug-likeness (QED) is 0.0269. The van der Waals surface area contributed by atoms with Gasteiger partial charge in [-0.2, -0.15) is 12.6 Å². The van der Waals surface area contributed by atoms with E-state index < -0.39 is 10.0 Å². The van der Waals surface area contributed by atoms with Gasteiger partial charge in [-0.15, -0.1) is 35.3 Å². The van der Waals surface area contributed by atoms with E-state index in [9.17, 15) is 5.11 Å². The molecule has 8 aromatic rings. The molecule has 6 N–H and O–H groups in total. The third-order valence-corrected chi connectivity index (χ3v) is 16.6. The average Bonchev–Trinajstić information content (AvgIpc) is 1.95. The summed E-state index contributed by atoms with van der Waals surface area (Å²) in [7, 11) is 0. The Morgan fingerprint density at radius 3 is 0.802 bits per heavy atom. The van der Waals surface area contributed by atoms with Crippen molar-refractivity contribution < 1.29 is 15.3 Å². The summed E-state index contributed by atoms with van der Waals surface area (Å²) in [5, 5.41) is 32.4. The third-order valence-electron chi connectivity index (χ3n) is 11.6. The third kappa shape index (κ3) is 54.1. The van der Waals surface area contributed by atoms with Gasteiger partial charge >= 0.3 is 0 Å². The minimum atomic E-state index is -1.58. The molecule has 14 heteroatoms. The predicted molar refractivity (Wildman–Crippen MR) is 452 cm³/mol. The number of rotatable bonds is 19. The highest BCUT2D eigenvalue weighted by molar-refractivity contribution is 9.09. The Hall–Kier alpha value is -3.73. The zero-order valence-corrected chi connectivity index (χ0v) is 67.6. The lowest BCUT2D eigenvalue weighted by atomic mass is 10.0. The molecule has 1 fully saturated rings. The molecule has 0 bridgehead atoms. The second-order valence-electron chi connectivity index (χ2n) is 17.4. The number of hydrogen-bond acceptors (Lipinski definition) is 10. The van der Waals surface area contributed by atoms with E-state index in [1.54, 1.807) is 11.8 Å². The molecule has 540 valence electrons. The Morgan fingerprint density at radius 1 is 0.406 bits per heavy atom. The molecule has 1 aliphatic heterocycles. The fourth-order valence-electron chi connectivity index (χ4n) is 7.95. The number of nitrogens with two attached hydrogens (primary N) is 1. The van der Waals surface area contributed by atoms with Crippen molar-refractivity contribution in [3.63, 3.8) is 0 Å². The SMILES string of the molecule is BrCCSC(c1ccccc1)c1ccccc1.C.CC.CC.CC.CC.CC.CC.CC.CC.NC(Cl)(Cl)Cl.OC(c1ccccc1)c1ccccc1.OCCS.OCCSC(c1ccccc1)c1ccccc1.c1ccc(C(SCCN2CCNCC2)c2ccccc2)cc1. The van der Waals surface area contributed by atoms with Gasteiger partial charge in [-0.3, -0.25) is 10.6 Å². The number of nitrogens with zero attached hydrogens (tertiary/aromatic N) is 1. The van der Waals surface area contributed by atoms with Gasteiger partial charge in [0, 0.05) is 61.1 Å². The van der Waals surface area contributed by atoms with Gasteiger partial charge < -0.3 is 20.6 Å². The van der Waals surface area contributed by atoms with Gasteiger partial charge in [-0.05, 0) is 44.5 Å². The van der Waals surface area contributed by atoms with Gasteiger partial charge in [0.2, 0.25) is 3.92 Å². The number of halogens is 4. The van der Waals surface area contributed by atoms with Crippen molar-refractivity contribution in [2.75, 3.05) is 74.3 Å². The van der Waals surface area contributed by atoms with Crippen molar-refractivity contribution in [1.29, 1.82) is 0 Å². The molecule has 0 amide bonds. The highest BCUT2D eigenvalue weighted by atomic mass is 79.9. The summed E-state index contributed by atoms with van der Waals surface area (Å²) < 4.78 is -1.58. The number of thiol groups is 1. The summed E-state index contributed by atoms with van der Waals surface area (Å²) >= 11 is 27.5. The lowest BCUT2D eigenvalue weighted by molar-refractivity contribution is 0.220. The van der Waals surface area contributed by atoms with Gasteiger partial charge in [-0.25, -0.2) is 0 Å². The van der Waals surface area contributed by atoms with E-state index in [2.05, 4.69) is 226 Å². The zero-order chi connectivity index (χ0) is 72.6. The Balaban J connectivity index is -0.000000253. The van der Waals surface area contributed by atoms with Crippen molar-refractivity contribution in [2.45, 2.75) is 144 Å². The van der Waals surface area contributed by atoms with E-state index in [-0.39, 0.29) is 20.6 Å². The molecular formula is C82H127BrCl3N3O3S4. The summed E-state index contributed by atoms with van der Waals surface area (Å²) in [6, 6.07) is 83.3. The smallest absolute Gasteiger partial charge is 0.242 e. The van der Waals surface area contributed by atoms with Crippen molar-refractivity contribution in [1.82, 2.24) is 10.2 Å². The van der Waals surface area contributed by atoms with Crippen LogP contribution in [0.5, 0.6) is 0 Å². The van der Waals surface area contributed by atoms with Gasteiger partial charge in [0.25, 0.3) is 0 Å². The first-order chi connectivity index (χ1) is 46.6. The highest BCUT2D eigenvalue weighted by Crippen LogP contribution is 2.37. The van der Waals surface area contributed by atoms with Gasteiger partial charge in [-0.1, -0.05) is 412 Å². The monoisotopic (exact) mass is 1510 g/mol. The molecule has 0 aliphatic carbocycles. The minimum absolute atomic E-state index is 0. The van der Waals surface area contributed by atoms with Crippen LogP contribution in [0.15, 0.2) is 243 Å². The van der Waals surface area contributed by atoms with E-state index in [0.717, 1.165) is 41.1 Å². The second-order valence-corrected chi connectivity index (χ2v) is 24.7. The van der Waals surface area contributed by atoms with Crippen LogP contribution in [0.2, 0.25) is 0 Å². The molecule has 0 saturated carbocycles. The standard InChI is InChI=1S/C19H24N2S.C15H15BrS.C15H16OS.C13H12O.C2H6OS.8C2H6.CH2Cl3N.CH4/c1-3-7-17(8-4-1)19(18-9-5-2-6-10-18)22-16-15-21-13-11-20-12-14-21;2*16-11-12-17-15(13-7-3-1-4-8-13)14-9-5-2-6-10-14;14-13(11-7-3-1-4-8-11)12-9-5-2-6-10-12;3-1-2-4;8*1-2;2-1(3,4)5;/h1-10,19-20H,11-16H2;1-10,15H,11-12H2;1-10,15-16H,11-12H2;1-10,13-14H;3-4H,1-2H2;8*1-2H3;5H2;1H4. The van der Waals surface area contributed by atoms with Crippen molar-refractivity contribution in [3.05, 3.63) is 287 Å². The van der Waals surface area contributed by atoms with Crippen LogP contribution in [0, 0.1) is 0 Å². The molecule has 1 saturated heterocycles. The largest absolute Gasteiger partial charge is 0.396 e. The lowest BCUT2D eigenvalue weighted by Gasteiger charge is -2.27. The predicted octanol–water partition coefficient (Wildman–Crippen LogP) is 24.6. The minimum Gasteiger partial charge on any atom is -0.396 e. The Labute approximate surface area is 630 Å². The molecule has 0 atom stereocenters. The highest BCUT2D eigenvalue weighted by Gasteiger charge is 2.17. The van der Waals surface area contributed by atoms with Crippen LogP contribution in [0.4, 0.5) is 0 Å². The maximum Gasteiger partial charge on any atom is 0.242 e. The number of aliphatic hydroxyl groups excluding tert-OH is 3. The van der Waals surface area contributed by atoms with E-state index >= 15 is 0 Å². The summed E-state index contributed by atoms with van der Waals surface area (Å²) in [4.78, 5) is 2.57. The molecule has 6 nitrogen and oxygen atoms in total. The molecule has 96 heavy (non-hydrogen) atoms. The Kier molecular flexibility index (Phi) is 84.6. The van der Waals surface area contributed by atoms with Gasteiger partial charge in [0.15, 0.2) is 0 Å². The van der Waals surface area contributed by atoms with Crippen LogP contribution >= 0.6 is 98.6 Å². The number of hydrogen-bond donors (Lipinski definition) is 6. The number of nitrogens with one attached hydrogen (secondary N) is 1. The fourth-order valence-corrected chi connectivity index (χ4v) is 11.9. The first-order valence-corrected chi connectivity index (χ1v) is 40.2. The number of aliphatic hydroxyl groups is 3. The number of alkyl halides is 4. The molecule has 0 radical (unpaired) electrons. The number of benzene rings is 8. The fraction of sp³-hybridized carbons (Fsp3) is 0.415. The first kappa shape index (κ1) is 103. The van der Waals surface area contributed by atoms with Crippen LogP contribution in [-0.2, 0) is 0 Å². The van der Waals surface area contributed by atoms with E-state index in [0.29, 0.717) is 21.5 Å². The van der Waals surface area contributed by atoms with Crippen LogP contribution in [0.3, 0.4) is 0 Å². The summed E-state index contributed by atoms with van der Waals surface area (Å²) in [6.45, 7) is 38.2. The topological polar surface area (TPSA) is 102 Å². The van der Waals surface area contributed by atoms with Gasteiger partial charge in [0.05, 0.1) is 29.0 Å². The van der Waals surface area contributed by atoms with Crippen LogP contribution in [0.25, 0.3) is 0 Å². The normalized spacial score (nSPS) is 10.4. The van der Waals surface area contributed by atoms with Gasteiger partial charge in [0.1, 0.15) is 6.10 Å². The maximum atomic E-state index is 9.99.